The van der Waals surface area contributed by atoms with Crippen LogP contribution in [0.25, 0.3) is 0 Å². The Morgan fingerprint density at radius 3 is 2.59 bits per heavy atom. The van der Waals surface area contributed by atoms with Crippen molar-refractivity contribution in [3.63, 3.8) is 0 Å². The summed E-state index contributed by atoms with van der Waals surface area (Å²) in [7, 11) is 0.241. The van der Waals surface area contributed by atoms with E-state index in [1.807, 2.05) is 6.92 Å². The molecule has 0 aliphatic carbocycles. The van der Waals surface area contributed by atoms with E-state index in [9.17, 15) is 0 Å². The molecule has 0 aliphatic rings. The van der Waals surface area contributed by atoms with E-state index in [1.165, 1.54) is 0 Å². The van der Waals surface area contributed by atoms with Gasteiger partial charge in [0.05, 0.1) is 18.3 Å². The third kappa shape index (κ3) is 5.04. The molecule has 98 valence electrons. The molecule has 0 saturated carbocycles. The van der Waals surface area contributed by atoms with Crippen LogP contribution in [-0.4, -0.2) is 28.3 Å². The number of methoxy groups -OCH3 is 1. The Balaban J connectivity index is 2.31. The van der Waals surface area contributed by atoms with Gasteiger partial charge in [0.25, 0.3) is 0 Å². The van der Waals surface area contributed by atoms with E-state index >= 15 is 0 Å². The first-order chi connectivity index (χ1) is 7.93. The van der Waals surface area contributed by atoms with Crippen molar-refractivity contribution >= 4 is 13.5 Å². The van der Waals surface area contributed by atoms with Crippen molar-refractivity contribution in [3.05, 3.63) is 17.9 Å². The summed E-state index contributed by atoms with van der Waals surface area (Å²) in [6, 6.07) is 2.08. The molecule has 0 N–H and O–H groups in total. The van der Waals surface area contributed by atoms with Crippen LogP contribution < -0.4 is 5.38 Å². The number of hydrogen-bond acceptors (Lipinski definition) is 4. The fraction of sp³-hybridized carbons (Fsp3) is 0.667. The van der Waals surface area contributed by atoms with E-state index in [0.29, 0.717) is 6.61 Å². The first kappa shape index (κ1) is 14.4. The van der Waals surface area contributed by atoms with Crippen LogP contribution >= 0.6 is 0 Å². The van der Waals surface area contributed by atoms with Gasteiger partial charge in [0.15, 0.2) is 6.29 Å². The van der Waals surface area contributed by atoms with Gasteiger partial charge < -0.3 is 18.6 Å². The topological polar surface area (TPSA) is 40.8 Å². The fourth-order valence-corrected chi connectivity index (χ4v) is 2.25. The molecule has 1 aromatic rings. The lowest BCUT2D eigenvalue weighted by Crippen LogP contribution is -2.36. The molecule has 5 heteroatoms. The molecule has 0 spiro atoms. The molecular formula is C12H22O4Si. The lowest BCUT2D eigenvalue weighted by atomic mass is 10.4. The van der Waals surface area contributed by atoms with Crippen molar-refractivity contribution in [1.82, 2.24) is 0 Å². The van der Waals surface area contributed by atoms with E-state index < -0.39 is 8.07 Å². The minimum absolute atomic E-state index is 0.225. The maximum Gasteiger partial charge on any atom is 0.157 e. The molecule has 17 heavy (non-hydrogen) atoms. The van der Waals surface area contributed by atoms with Gasteiger partial charge in [-0.3, -0.25) is 0 Å². The van der Waals surface area contributed by atoms with Gasteiger partial charge >= 0.3 is 0 Å². The standard InChI is InChI=1S/C12H22O4Si/c1-10(13-2)16-9-14-7-11-6-12(15-8-11)17(3,4)5/h6,8,10H,7,9H2,1-5H3. The summed E-state index contributed by atoms with van der Waals surface area (Å²) in [5.74, 6) is 0. The van der Waals surface area contributed by atoms with Gasteiger partial charge in [0.2, 0.25) is 0 Å². The van der Waals surface area contributed by atoms with Crippen LogP contribution in [0.15, 0.2) is 16.7 Å². The summed E-state index contributed by atoms with van der Waals surface area (Å²) in [6.07, 6.45) is 1.52. The predicted molar refractivity (Wildman–Crippen MR) is 68.9 cm³/mol. The molecule has 1 heterocycles. The van der Waals surface area contributed by atoms with Crippen molar-refractivity contribution in [3.8, 4) is 0 Å². The van der Waals surface area contributed by atoms with E-state index in [-0.39, 0.29) is 13.1 Å². The molecule has 0 amide bonds. The SMILES string of the molecule is COC(C)OCOCc1coc([Si](C)(C)C)c1. The van der Waals surface area contributed by atoms with Crippen LogP contribution in [0.5, 0.6) is 0 Å². The average molecular weight is 258 g/mol. The molecule has 4 nitrogen and oxygen atoms in total. The molecule has 0 aromatic carbocycles. The first-order valence-corrected chi connectivity index (χ1v) is 9.23. The third-order valence-corrected chi connectivity index (χ3v) is 4.12. The molecule has 1 aromatic heterocycles. The van der Waals surface area contributed by atoms with E-state index in [4.69, 9.17) is 18.6 Å². The number of hydrogen-bond donors (Lipinski definition) is 0. The number of furan rings is 1. The smallest absolute Gasteiger partial charge is 0.157 e. The van der Waals surface area contributed by atoms with Crippen LogP contribution in [0, 0.1) is 0 Å². The van der Waals surface area contributed by atoms with Crippen molar-refractivity contribution in [2.24, 2.45) is 0 Å². The van der Waals surface area contributed by atoms with Gasteiger partial charge in [-0.15, -0.1) is 0 Å². The summed E-state index contributed by atoms with van der Waals surface area (Å²) < 4.78 is 21.1. The second-order valence-corrected chi connectivity index (χ2v) is 10.00. The zero-order valence-electron chi connectivity index (χ0n) is 11.3. The molecule has 1 rings (SSSR count). The van der Waals surface area contributed by atoms with Gasteiger partial charge in [-0.2, -0.15) is 0 Å². The zero-order chi connectivity index (χ0) is 12.9. The van der Waals surface area contributed by atoms with Crippen molar-refractivity contribution in [2.45, 2.75) is 39.5 Å². The van der Waals surface area contributed by atoms with Crippen LogP contribution in [0.1, 0.15) is 12.5 Å². The summed E-state index contributed by atoms with van der Waals surface area (Å²) >= 11 is 0. The molecule has 0 radical (unpaired) electrons. The maximum atomic E-state index is 5.54. The molecular weight excluding hydrogens is 236 g/mol. The Hall–Kier alpha value is -0.623. The Morgan fingerprint density at radius 2 is 2.06 bits per heavy atom. The Bertz CT molecular complexity index is 329. The van der Waals surface area contributed by atoms with Crippen molar-refractivity contribution < 1.29 is 18.6 Å². The Labute approximate surface area is 104 Å². The minimum atomic E-state index is -1.36. The predicted octanol–water partition coefficient (Wildman–Crippen LogP) is 2.31. The van der Waals surface area contributed by atoms with Gasteiger partial charge in [-0.25, -0.2) is 0 Å². The zero-order valence-corrected chi connectivity index (χ0v) is 12.3. The second-order valence-electron chi connectivity index (χ2n) is 5.01. The van der Waals surface area contributed by atoms with Crippen LogP contribution in [0.4, 0.5) is 0 Å². The monoisotopic (exact) mass is 258 g/mol. The third-order valence-electron chi connectivity index (χ3n) is 2.38. The molecule has 0 fully saturated rings. The average Bonchev–Trinajstić information content (AvgIpc) is 2.72. The largest absolute Gasteiger partial charge is 0.474 e. The Morgan fingerprint density at radius 1 is 1.35 bits per heavy atom. The normalized spacial score (nSPS) is 13.9. The lowest BCUT2D eigenvalue weighted by molar-refractivity contribution is -0.177. The van der Waals surface area contributed by atoms with Gasteiger partial charge in [-0.1, -0.05) is 19.6 Å². The van der Waals surface area contributed by atoms with Crippen molar-refractivity contribution in [1.29, 1.82) is 0 Å². The summed E-state index contributed by atoms with van der Waals surface area (Å²) in [5.41, 5.74) is 1.05. The minimum Gasteiger partial charge on any atom is -0.474 e. The summed E-state index contributed by atoms with van der Waals surface area (Å²) in [4.78, 5) is 0. The molecule has 1 atom stereocenters. The highest BCUT2D eigenvalue weighted by Gasteiger charge is 2.20. The molecule has 1 unspecified atom stereocenters. The maximum absolute atomic E-state index is 5.54. The molecule has 0 aliphatic heterocycles. The highest BCUT2D eigenvalue weighted by Crippen LogP contribution is 2.08. The molecule has 0 bridgehead atoms. The number of ether oxygens (including phenoxy) is 3. The van der Waals surface area contributed by atoms with E-state index in [1.54, 1.807) is 13.4 Å². The Kier molecular flexibility index (Phi) is 5.39. The molecule has 0 saturated heterocycles. The van der Waals surface area contributed by atoms with Gasteiger partial charge in [-0.05, 0) is 13.0 Å². The van der Waals surface area contributed by atoms with Crippen LogP contribution in [0.3, 0.4) is 0 Å². The van der Waals surface area contributed by atoms with Crippen molar-refractivity contribution in [2.75, 3.05) is 13.9 Å². The first-order valence-electron chi connectivity index (χ1n) is 5.73. The van der Waals surface area contributed by atoms with E-state index in [0.717, 1.165) is 10.9 Å². The van der Waals surface area contributed by atoms with Crippen LogP contribution in [0.2, 0.25) is 19.6 Å². The second kappa shape index (κ2) is 6.35. The number of rotatable bonds is 7. The highest BCUT2D eigenvalue weighted by molar-refractivity contribution is 6.87. The summed E-state index contributed by atoms with van der Waals surface area (Å²) in [5, 5.41) is 1.10. The summed E-state index contributed by atoms with van der Waals surface area (Å²) in [6.45, 7) is 9.30. The lowest BCUT2D eigenvalue weighted by Gasteiger charge is -2.11. The van der Waals surface area contributed by atoms with E-state index in [2.05, 4.69) is 25.7 Å². The van der Waals surface area contributed by atoms with Crippen LogP contribution in [-0.2, 0) is 20.8 Å². The highest BCUT2D eigenvalue weighted by atomic mass is 28.3. The van der Waals surface area contributed by atoms with Gasteiger partial charge in [0.1, 0.15) is 14.9 Å². The quantitative estimate of drug-likeness (QED) is 0.427. The fourth-order valence-electron chi connectivity index (χ4n) is 1.22. The van der Waals surface area contributed by atoms with Gasteiger partial charge in [0, 0.05) is 12.7 Å².